The number of nitrogens with zero attached hydrogens (tertiary/aromatic N) is 5. The molecule has 1 unspecified atom stereocenters. The molecule has 6 heteroatoms. The summed E-state index contributed by atoms with van der Waals surface area (Å²) in [5, 5.41) is 21.1. The Bertz CT molecular complexity index is 516. The largest absolute Gasteiger partial charge is 0.214 e. The molecular formula is C11H11N5S. The van der Waals surface area contributed by atoms with Crippen molar-refractivity contribution >= 4 is 11.8 Å². The molecule has 1 atom stereocenters. The number of thioether (sulfide) groups is 1. The van der Waals surface area contributed by atoms with Gasteiger partial charge in [0.2, 0.25) is 5.16 Å². The Morgan fingerprint density at radius 3 is 2.88 bits per heavy atom. The first-order valence-corrected chi connectivity index (χ1v) is 6.06. The van der Waals surface area contributed by atoms with E-state index in [0.717, 1.165) is 5.69 Å². The third-order valence-corrected chi connectivity index (χ3v) is 3.16. The Labute approximate surface area is 103 Å². The Morgan fingerprint density at radius 1 is 1.41 bits per heavy atom. The fraction of sp³-hybridized carbons (Fsp3) is 0.273. The van der Waals surface area contributed by atoms with E-state index in [1.54, 1.807) is 4.68 Å². The van der Waals surface area contributed by atoms with Gasteiger partial charge < -0.3 is 0 Å². The topological polar surface area (TPSA) is 67.4 Å². The molecule has 17 heavy (non-hydrogen) atoms. The second kappa shape index (κ2) is 5.46. The zero-order chi connectivity index (χ0) is 12.1. The van der Waals surface area contributed by atoms with Crippen molar-refractivity contribution in [3.63, 3.8) is 0 Å². The van der Waals surface area contributed by atoms with Crippen LogP contribution < -0.4 is 0 Å². The van der Waals surface area contributed by atoms with E-state index in [1.807, 2.05) is 37.3 Å². The summed E-state index contributed by atoms with van der Waals surface area (Å²) < 4.78 is 1.68. The van der Waals surface area contributed by atoms with E-state index in [0.29, 0.717) is 11.6 Å². The Hall–Kier alpha value is -1.87. The zero-order valence-electron chi connectivity index (χ0n) is 9.32. The number of benzene rings is 1. The van der Waals surface area contributed by atoms with Gasteiger partial charge in [0, 0.05) is 11.7 Å². The number of hydrogen-bond acceptors (Lipinski definition) is 5. The van der Waals surface area contributed by atoms with Crippen molar-refractivity contribution in [2.75, 3.05) is 0 Å². The molecule has 1 aromatic heterocycles. The fourth-order valence-electron chi connectivity index (χ4n) is 1.33. The van der Waals surface area contributed by atoms with E-state index in [2.05, 4.69) is 21.6 Å². The first-order chi connectivity index (χ1) is 8.31. The van der Waals surface area contributed by atoms with Crippen LogP contribution in [0.2, 0.25) is 0 Å². The van der Waals surface area contributed by atoms with E-state index in [4.69, 9.17) is 5.26 Å². The lowest BCUT2D eigenvalue weighted by molar-refractivity contribution is 0.754. The molecule has 0 saturated heterocycles. The van der Waals surface area contributed by atoms with Crippen LogP contribution in [0.25, 0.3) is 5.69 Å². The number of para-hydroxylation sites is 1. The van der Waals surface area contributed by atoms with E-state index < -0.39 is 0 Å². The molecule has 5 nitrogen and oxygen atoms in total. The molecule has 0 fully saturated rings. The highest BCUT2D eigenvalue weighted by Gasteiger charge is 2.12. The molecule has 0 amide bonds. The normalized spacial score (nSPS) is 12.0. The highest BCUT2D eigenvalue weighted by Crippen LogP contribution is 2.23. The molecule has 0 N–H and O–H groups in total. The maximum absolute atomic E-state index is 8.63. The van der Waals surface area contributed by atoms with Crippen molar-refractivity contribution in [3.05, 3.63) is 30.3 Å². The summed E-state index contributed by atoms with van der Waals surface area (Å²) in [6.07, 6.45) is 0.478. The highest BCUT2D eigenvalue weighted by atomic mass is 32.2. The first kappa shape index (κ1) is 11.6. The summed E-state index contributed by atoms with van der Waals surface area (Å²) in [6.45, 7) is 1.98. The monoisotopic (exact) mass is 245 g/mol. The van der Waals surface area contributed by atoms with Gasteiger partial charge in [-0.05, 0) is 22.6 Å². The van der Waals surface area contributed by atoms with Crippen LogP contribution in [-0.2, 0) is 0 Å². The van der Waals surface area contributed by atoms with E-state index in [9.17, 15) is 0 Å². The van der Waals surface area contributed by atoms with E-state index >= 15 is 0 Å². The molecule has 86 valence electrons. The third-order valence-electron chi connectivity index (χ3n) is 2.13. The highest BCUT2D eigenvalue weighted by molar-refractivity contribution is 7.99. The molecular weight excluding hydrogens is 234 g/mol. The molecule has 0 saturated carbocycles. The van der Waals surface area contributed by atoms with Crippen LogP contribution in [0.5, 0.6) is 0 Å². The van der Waals surface area contributed by atoms with Crippen molar-refractivity contribution in [3.8, 4) is 11.8 Å². The van der Waals surface area contributed by atoms with Gasteiger partial charge in [-0.3, -0.25) is 0 Å². The zero-order valence-corrected chi connectivity index (χ0v) is 10.1. The second-order valence-corrected chi connectivity index (χ2v) is 4.91. The van der Waals surface area contributed by atoms with Crippen LogP contribution in [0.4, 0.5) is 0 Å². The fourth-order valence-corrected chi connectivity index (χ4v) is 2.18. The van der Waals surface area contributed by atoms with Crippen molar-refractivity contribution < 1.29 is 0 Å². The Kier molecular flexibility index (Phi) is 3.73. The number of rotatable bonds is 4. The van der Waals surface area contributed by atoms with Crippen molar-refractivity contribution in [1.82, 2.24) is 20.2 Å². The summed E-state index contributed by atoms with van der Waals surface area (Å²) in [6, 6.07) is 11.8. The molecule has 0 aliphatic rings. The van der Waals surface area contributed by atoms with Crippen molar-refractivity contribution in [1.29, 1.82) is 5.26 Å². The maximum Gasteiger partial charge on any atom is 0.214 e. The summed E-state index contributed by atoms with van der Waals surface area (Å²) >= 11 is 1.50. The molecule has 0 bridgehead atoms. The summed E-state index contributed by atoms with van der Waals surface area (Å²) in [7, 11) is 0. The van der Waals surface area contributed by atoms with Gasteiger partial charge in [0.15, 0.2) is 0 Å². The van der Waals surface area contributed by atoms with E-state index in [-0.39, 0.29) is 5.25 Å². The number of nitriles is 1. The molecule has 0 radical (unpaired) electrons. The molecule has 0 spiro atoms. The molecule has 1 heterocycles. The first-order valence-electron chi connectivity index (χ1n) is 5.18. The van der Waals surface area contributed by atoms with Gasteiger partial charge in [-0.25, -0.2) is 0 Å². The summed E-state index contributed by atoms with van der Waals surface area (Å²) in [5.41, 5.74) is 0.921. The standard InChI is InChI=1S/C11H11N5S/c1-9(7-8-12)17-11-13-14-15-16(11)10-5-3-2-4-6-10/h2-6,9H,7H2,1H3. The summed E-state index contributed by atoms with van der Waals surface area (Å²) in [5.74, 6) is 0. The number of hydrogen-bond donors (Lipinski definition) is 0. The minimum atomic E-state index is 0.175. The van der Waals surface area contributed by atoms with Gasteiger partial charge >= 0.3 is 0 Å². The predicted molar refractivity (Wildman–Crippen MR) is 64.7 cm³/mol. The van der Waals surface area contributed by atoms with Crippen LogP contribution >= 0.6 is 11.8 Å². The van der Waals surface area contributed by atoms with E-state index in [1.165, 1.54) is 11.8 Å². The lowest BCUT2D eigenvalue weighted by Crippen LogP contribution is -2.02. The smallest absolute Gasteiger partial charge is 0.198 e. The Balaban J connectivity index is 2.21. The molecule has 2 aromatic rings. The molecule has 0 aliphatic heterocycles. The van der Waals surface area contributed by atoms with Gasteiger partial charge in [-0.1, -0.05) is 36.9 Å². The van der Waals surface area contributed by atoms with Gasteiger partial charge in [-0.2, -0.15) is 9.94 Å². The second-order valence-electron chi connectivity index (χ2n) is 3.50. The molecule has 0 aliphatic carbocycles. The molecule has 1 aromatic carbocycles. The van der Waals surface area contributed by atoms with Crippen molar-refractivity contribution in [2.45, 2.75) is 23.8 Å². The summed E-state index contributed by atoms with van der Waals surface area (Å²) in [4.78, 5) is 0. The van der Waals surface area contributed by atoms with Crippen LogP contribution in [0.15, 0.2) is 35.5 Å². The van der Waals surface area contributed by atoms with Gasteiger partial charge in [0.1, 0.15) is 0 Å². The maximum atomic E-state index is 8.63. The van der Waals surface area contributed by atoms with Gasteiger partial charge in [0.25, 0.3) is 0 Å². The minimum Gasteiger partial charge on any atom is -0.198 e. The van der Waals surface area contributed by atoms with Crippen LogP contribution in [-0.4, -0.2) is 25.5 Å². The predicted octanol–water partition coefficient (Wildman–Crippen LogP) is 2.06. The molecule has 2 rings (SSSR count). The van der Waals surface area contributed by atoms with Crippen molar-refractivity contribution in [2.24, 2.45) is 0 Å². The van der Waals surface area contributed by atoms with Gasteiger partial charge in [-0.15, -0.1) is 5.10 Å². The van der Waals surface area contributed by atoms with Crippen LogP contribution in [0, 0.1) is 11.3 Å². The average molecular weight is 245 g/mol. The lowest BCUT2D eigenvalue weighted by atomic mass is 10.3. The van der Waals surface area contributed by atoms with Crippen LogP contribution in [0.3, 0.4) is 0 Å². The number of tetrazole rings is 1. The SMILES string of the molecule is CC(CC#N)Sc1nnnn1-c1ccccc1. The average Bonchev–Trinajstić information content (AvgIpc) is 2.78. The lowest BCUT2D eigenvalue weighted by Gasteiger charge is -2.06. The number of aromatic nitrogens is 4. The minimum absolute atomic E-state index is 0.175. The Morgan fingerprint density at radius 2 is 2.18 bits per heavy atom. The quantitative estimate of drug-likeness (QED) is 0.771. The van der Waals surface area contributed by atoms with Crippen LogP contribution in [0.1, 0.15) is 13.3 Å². The third kappa shape index (κ3) is 2.82. The van der Waals surface area contributed by atoms with Gasteiger partial charge in [0.05, 0.1) is 11.8 Å².